The molecule has 2 atom stereocenters. The van der Waals surface area contributed by atoms with Crippen LogP contribution in [0.4, 0.5) is 0 Å². The van der Waals surface area contributed by atoms with Crippen molar-refractivity contribution in [2.45, 2.75) is 51.6 Å². The summed E-state index contributed by atoms with van der Waals surface area (Å²) in [6.07, 6.45) is 2.24. The van der Waals surface area contributed by atoms with Crippen molar-refractivity contribution in [2.75, 3.05) is 0 Å². The lowest BCUT2D eigenvalue weighted by Crippen LogP contribution is -2.30. The van der Waals surface area contributed by atoms with E-state index in [-0.39, 0.29) is 0 Å². The predicted octanol–water partition coefficient (Wildman–Crippen LogP) is 1.49. The lowest BCUT2D eigenvalue weighted by molar-refractivity contribution is -0.148. The van der Waals surface area contributed by atoms with Gasteiger partial charge in [0.15, 0.2) is 0 Å². The van der Waals surface area contributed by atoms with Crippen LogP contribution in [-0.4, -0.2) is 33.4 Å². The van der Waals surface area contributed by atoms with E-state index >= 15 is 0 Å². The maximum Gasteiger partial charge on any atom is 0.309 e. The molecule has 0 saturated heterocycles. The Morgan fingerprint density at radius 3 is 2.19 bits per heavy atom. The molecular weight excluding hydrogens is 212 g/mol. The Balaban J connectivity index is 4.06. The standard InChI is InChI=1S/C11H20O5/c1-2-3-4-5-6-8(11(15)16)9(12)7-10(13)14/h8-9,12H,2-7H2,1H3,(H,13,14)(H,15,16)/t8-,9+/m1/s1. The van der Waals surface area contributed by atoms with Crippen molar-refractivity contribution in [3.05, 3.63) is 0 Å². The number of rotatable bonds is 9. The van der Waals surface area contributed by atoms with E-state index in [1.807, 2.05) is 6.92 Å². The molecule has 5 heteroatoms. The quantitative estimate of drug-likeness (QED) is 0.523. The maximum atomic E-state index is 10.8. The van der Waals surface area contributed by atoms with Crippen LogP contribution in [0.2, 0.25) is 0 Å². The summed E-state index contributed by atoms with van der Waals surface area (Å²) >= 11 is 0. The molecule has 0 aromatic heterocycles. The molecule has 0 aromatic carbocycles. The van der Waals surface area contributed by atoms with E-state index in [4.69, 9.17) is 10.2 Å². The Hall–Kier alpha value is -1.10. The predicted molar refractivity (Wildman–Crippen MR) is 58.1 cm³/mol. The third-order valence-corrected chi connectivity index (χ3v) is 2.53. The van der Waals surface area contributed by atoms with Crippen LogP contribution >= 0.6 is 0 Å². The monoisotopic (exact) mass is 232 g/mol. The molecule has 16 heavy (non-hydrogen) atoms. The summed E-state index contributed by atoms with van der Waals surface area (Å²) in [6.45, 7) is 2.05. The number of aliphatic carboxylic acids is 2. The highest BCUT2D eigenvalue weighted by atomic mass is 16.4. The zero-order valence-corrected chi connectivity index (χ0v) is 9.56. The van der Waals surface area contributed by atoms with E-state index in [2.05, 4.69) is 0 Å². The molecule has 0 unspecified atom stereocenters. The first-order valence-corrected chi connectivity index (χ1v) is 5.61. The Labute approximate surface area is 95.1 Å². The molecule has 0 aliphatic carbocycles. The van der Waals surface area contributed by atoms with Crippen LogP contribution in [0.15, 0.2) is 0 Å². The topological polar surface area (TPSA) is 94.8 Å². The fourth-order valence-electron chi connectivity index (χ4n) is 1.59. The van der Waals surface area contributed by atoms with Crippen molar-refractivity contribution < 1.29 is 24.9 Å². The molecule has 0 spiro atoms. The zero-order valence-electron chi connectivity index (χ0n) is 9.56. The average molecular weight is 232 g/mol. The number of aliphatic hydroxyl groups excluding tert-OH is 1. The van der Waals surface area contributed by atoms with Crippen molar-refractivity contribution >= 4 is 11.9 Å². The minimum Gasteiger partial charge on any atom is -0.481 e. The van der Waals surface area contributed by atoms with Crippen LogP contribution in [0.1, 0.15) is 45.4 Å². The van der Waals surface area contributed by atoms with Crippen LogP contribution in [0, 0.1) is 5.92 Å². The van der Waals surface area contributed by atoms with Gasteiger partial charge < -0.3 is 15.3 Å². The van der Waals surface area contributed by atoms with Gasteiger partial charge in [0.1, 0.15) is 0 Å². The number of hydrogen-bond acceptors (Lipinski definition) is 3. The third-order valence-electron chi connectivity index (χ3n) is 2.53. The number of carboxylic acids is 2. The molecule has 0 aromatic rings. The summed E-state index contributed by atoms with van der Waals surface area (Å²) in [5.41, 5.74) is 0. The highest BCUT2D eigenvalue weighted by Crippen LogP contribution is 2.17. The molecular formula is C11H20O5. The van der Waals surface area contributed by atoms with Gasteiger partial charge in [0.05, 0.1) is 18.4 Å². The average Bonchev–Trinajstić information content (AvgIpc) is 2.15. The zero-order chi connectivity index (χ0) is 12.6. The molecule has 0 saturated carbocycles. The number of carbonyl (C=O) groups is 2. The van der Waals surface area contributed by atoms with Crippen LogP contribution in [0.25, 0.3) is 0 Å². The van der Waals surface area contributed by atoms with Crippen LogP contribution in [0.3, 0.4) is 0 Å². The summed E-state index contributed by atoms with van der Waals surface area (Å²) < 4.78 is 0. The fraction of sp³-hybridized carbons (Fsp3) is 0.818. The van der Waals surface area contributed by atoms with Gasteiger partial charge in [-0.05, 0) is 6.42 Å². The molecule has 0 fully saturated rings. The Morgan fingerprint density at radius 1 is 1.12 bits per heavy atom. The lowest BCUT2D eigenvalue weighted by atomic mass is 9.93. The van der Waals surface area contributed by atoms with Gasteiger partial charge in [0, 0.05) is 0 Å². The molecule has 0 rings (SSSR count). The summed E-state index contributed by atoms with van der Waals surface area (Å²) in [6, 6.07) is 0. The molecule has 3 N–H and O–H groups in total. The van der Waals surface area contributed by atoms with Gasteiger partial charge in [0.25, 0.3) is 0 Å². The van der Waals surface area contributed by atoms with Crippen molar-refractivity contribution in [3.63, 3.8) is 0 Å². The highest BCUT2D eigenvalue weighted by molar-refractivity contribution is 5.73. The number of carboxylic acid groups (broad SMARTS) is 2. The number of hydrogen-bond donors (Lipinski definition) is 3. The second-order valence-corrected chi connectivity index (χ2v) is 3.96. The largest absolute Gasteiger partial charge is 0.481 e. The van der Waals surface area contributed by atoms with Crippen molar-refractivity contribution in [3.8, 4) is 0 Å². The van der Waals surface area contributed by atoms with Gasteiger partial charge in [-0.25, -0.2) is 0 Å². The Kier molecular flexibility index (Phi) is 7.54. The molecule has 0 bridgehead atoms. The highest BCUT2D eigenvalue weighted by Gasteiger charge is 2.27. The SMILES string of the molecule is CCCCCC[C@@H](C(=O)O)[C@@H](O)CC(=O)O. The van der Waals surface area contributed by atoms with Crippen LogP contribution in [-0.2, 0) is 9.59 Å². The molecule has 0 amide bonds. The first-order chi connectivity index (χ1) is 7.49. The summed E-state index contributed by atoms with van der Waals surface area (Å²) in [4.78, 5) is 21.2. The normalized spacial score (nSPS) is 14.4. The van der Waals surface area contributed by atoms with E-state index in [0.29, 0.717) is 12.8 Å². The minimum atomic E-state index is -1.29. The van der Waals surface area contributed by atoms with Gasteiger partial charge in [0.2, 0.25) is 0 Å². The molecule has 0 radical (unpaired) electrons. The van der Waals surface area contributed by atoms with Gasteiger partial charge in [-0.15, -0.1) is 0 Å². The van der Waals surface area contributed by atoms with E-state index < -0.39 is 30.4 Å². The number of unbranched alkanes of at least 4 members (excludes halogenated alkanes) is 3. The lowest BCUT2D eigenvalue weighted by Gasteiger charge is -2.17. The smallest absolute Gasteiger partial charge is 0.309 e. The number of aliphatic hydroxyl groups is 1. The van der Waals surface area contributed by atoms with E-state index in [9.17, 15) is 14.7 Å². The van der Waals surface area contributed by atoms with Gasteiger partial charge in [-0.1, -0.05) is 32.6 Å². The first-order valence-electron chi connectivity index (χ1n) is 5.61. The third kappa shape index (κ3) is 6.40. The van der Waals surface area contributed by atoms with E-state index in [0.717, 1.165) is 19.3 Å². The van der Waals surface area contributed by atoms with Gasteiger partial charge in [-0.2, -0.15) is 0 Å². The van der Waals surface area contributed by atoms with Crippen molar-refractivity contribution in [1.82, 2.24) is 0 Å². The van der Waals surface area contributed by atoms with E-state index in [1.54, 1.807) is 0 Å². The first kappa shape index (κ1) is 14.9. The van der Waals surface area contributed by atoms with Gasteiger partial charge >= 0.3 is 11.9 Å². The molecule has 0 aliphatic heterocycles. The second kappa shape index (κ2) is 8.10. The fourth-order valence-corrected chi connectivity index (χ4v) is 1.59. The van der Waals surface area contributed by atoms with Crippen molar-refractivity contribution in [1.29, 1.82) is 0 Å². The summed E-state index contributed by atoms with van der Waals surface area (Å²) in [7, 11) is 0. The van der Waals surface area contributed by atoms with Crippen LogP contribution < -0.4 is 0 Å². The molecule has 5 nitrogen and oxygen atoms in total. The maximum absolute atomic E-state index is 10.8. The van der Waals surface area contributed by atoms with Crippen molar-refractivity contribution in [2.24, 2.45) is 5.92 Å². The molecule has 0 heterocycles. The summed E-state index contributed by atoms with van der Waals surface area (Å²) in [5.74, 6) is -3.26. The summed E-state index contributed by atoms with van der Waals surface area (Å²) in [5, 5.41) is 26.8. The van der Waals surface area contributed by atoms with Crippen LogP contribution in [0.5, 0.6) is 0 Å². The Bertz CT molecular complexity index is 226. The molecule has 0 aliphatic rings. The molecule has 94 valence electrons. The Morgan fingerprint density at radius 2 is 1.75 bits per heavy atom. The second-order valence-electron chi connectivity index (χ2n) is 3.96. The van der Waals surface area contributed by atoms with Gasteiger partial charge in [-0.3, -0.25) is 9.59 Å². The van der Waals surface area contributed by atoms with E-state index in [1.165, 1.54) is 0 Å². The minimum absolute atomic E-state index is 0.337.